The van der Waals surface area contributed by atoms with Gasteiger partial charge in [-0.05, 0) is 62.7 Å². The van der Waals surface area contributed by atoms with Gasteiger partial charge in [0.2, 0.25) is 5.95 Å². The highest BCUT2D eigenvalue weighted by Gasteiger charge is 2.07. The molecule has 3 rings (SSSR count). The second-order valence-corrected chi connectivity index (χ2v) is 6.42. The Bertz CT molecular complexity index is 924. The zero-order chi connectivity index (χ0) is 19.9. The summed E-state index contributed by atoms with van der Waals surface area (Å²) in [5, 5.41) is 6.60. The SMILES string of the molecule is CCN(CC)c1ccc(Nc2ccnc(Nc3cccc(OC)c3)n2)c(C)c1. The van der Waals surface area contributed by atoms with Gasteiger partial charge in [-0.2, -0.15) is 4.98 Å². The Balaban J connectivity index is 1.75. The molecule has 0 atom stereocenters. The van der Waals surface area contributed by atoms with Crippen LogP contribution in [0.3, 0.4) is 0 Å². The maximum atomic E-state index is 5.25. The topological polar surface area (TPSA) is 62.3 Å². The molecule has 1 heterocycles. The Morgan fingerprint density at radius 1 is 1.00 bits per heavy atom. The van der Waals surface area contributed by atoms with E-state index < -0.39 is 0 Å². The van der Waals surface area contributed by atoms with E-state index in [0.29, 0.717) is 5.95 Å². The van der Waals surface area contributed by atoms with Crippen molar-refractivity contribution in [1.29, 1.82) is 0 Å². The summed E-state index contributed by atoms with van der Waals surface area (Å²) in [6.45, 7) is 8.43. The Morgan fingerprint density at radius 3 is 2.54 bits per heavy atom. The van der Waals surface area contributed by atoms with Crippen molar-refractivity contribution in [3.8, 4) is 5.75 Å². The molecule has 0 unspecified atom stereocenters. The molecule has 0 spiro atoms. The second kappa shape index (κ2) is 9.08. The molecule has 3 aromatic rings. The molecule has 146 valence electrons. The number of hydrogen-bond acceptors (Lipinski definition) is 6. The van der Waals surface area contributed by atoms with Crippen LogP contribution in [0.1, 0.15) is 19.4 Å². The van der Waals surface area contributed by atoms with E-state index >= 15 is 0 Å². The minimum Gasteiger partial charge on any atom is -0.497 e. The zero-order valence-corrected chi connectivity index (χ0v) is 16.9. The van der Waals surface area contributed by atoms with Crippen molar-refractivity contribution in [2.75, 3.05) is 35.7 Å². The Kier molecular flexibility index (Phi) is 6.32. The van der Waals surface area contributed by atoms with Crippen molar-refractivity contribution in [3.63, 3.8) is 0 Å². The molecule has 6 nitrogen and oxygen atoms in total. The van der Waals surface area contributed by atoms with Crippen molar-refractivity contribution in [2.24, 2.45) is 0 Å². The molecule has 0 radical (unpaired) electrons. The third kappa shape index (κ3) is 4.71. The van der Waals surface area contributed by atoms with Gasteiger partial charge >= 0.3 is 0 Å². The van der Waals surface area contributed by atoms with Crippen molar-refractivity contribution in [3.05, 3.63) is 60.3 Å². The van der Waals surface area contributed by atoms with Crippen molar-refractivity contribution in [1.82, 2.24) is 9.97 Å². The van der Waals surface area contributed by atoms with Gasteiger partial charge in [-0.3, -0.25) is 0 Å². The first-order valence-corrected chi connectivity index (χ1v) is 9.49. The maximum Gasteiger partial charge on any atom is 0.229 e. The number of nitrogens with one attached hydrogen (secondary N) is 2. The molecule has 0 aliphatic heterocycles. The Hall–Kier alpha value is -3.28. The molecule has 0 aliphatic carbocycles. The third-order valence-corrected chi connectivity index (χ3v) is 4.58. The molecule has 0 aliphatic rings. The van der Waals surface area contributed by atoms with E-state index in [1.54, 1.807) is 13.3 Å². The maximum absolute atomic E-state index is 5.25. The van der Waals surface area contributed by atoms with Crippen LogP contribution in [0.25, 0.3) is 0 Å². The van der Waals surface area contributed by atoms with Crippen LogP contribution >= 0.6 is 0 Å². The lowest BCUT2D eigenvalue weighted by atomic mass is 10.1. The van der Waals surface area contributed by atoms with Crippen LogP contribution in [-0.4, -0.2) is 30.2 Å². The predicted octanol–water partition coefficient (Wildman–Crippen LogP) is 5.13. The van der Waals surface area contributed by atoms with Gasteiger partial charge in [0.25, 0.3) is 0 Å². The van der Waals surface area contributed by atoms with Crippen LogP contribution in [0.15, 0.2) is 54.7 Å². The minimum absolute atomic E-state index is 0.524. The molecule has 0 amide bonds. The van der Waals surface area contributed by atoms with Gasteiger partial charge in [0, 0.05) is 42.4 Å². The summed E-state index contributed by atoms with van der Waals surface area (Å²) in [7, 11) is 1.65. The standard InChI is InChI=1S/C22H27N5O/c1-5-27(6-2)18-10-11-20(16(3)14-18)25-21-12-13-23-22(26-21)24-17-8-7-9-19(15-17)28-4/h7-15H,5-6H2,1-4H3,(H2,23,24,25,26). The Morgan fingerprint density at radius 2 is 1.82 bits per heavy atom. The predicted molar refractivity (Wildman–Crippen MR) is 116 cm³/mol. The molecule has 6 heteroatoms. The minimum atomic E-state index is 0.524. The van der Waals surface area contributed by atoms with Gasteiger partial charge in [-0.25, -0.2) is 4.98 Å². The highest BCUT2D eigenvalue weighted by molar-refractivity contribution is 5.66. The van der Waals surface area contributed by atoms with E-state index in [9.17, 15) is 0 Å². The summed E-state index contributed by atoms with van der Waals surface area (Å²) in [5.41, 5.74) is 4.31. The van der Waals surface area contributed by atoms with Crippen molar-refractivity contribution in [2.45, 2.75) is 20.8 Å². The van der Waals surface area contributed by atoms with E-state index in [2.05, 4.69) is 64.5 Å². The summed E-state index contributed by atoms with van der Waals surface area (Å²) < 4.78 is 5.25. The van der Waals surface area contributed by atoms with Crippen molar-refractivity contribution >= 4 is 28.8 Å². The zero-order valence-electron chi connectivity index (χ0n) is 16.9. The van der Waals surface area contributed by atoms with E-state index in [-0.39, 0.29) is 0 Å². The van der Waals surface area contributed by atoms with Crippen LogP contribution in [-0.2, 0) is 0 Å². The number of aromatic nitrogens is 2. The fraction of sp³-hybridized carbons (Fsp3) is 0.273. The first-order valence-electron chi connectivity index (χ1n) is 9.49. The lowest BCUT2D eigenvalue weighted by Crippen LogP contribution is -2.21. The number of ether oxygens (including phenoxy) is 1. The molecule has 28 heavy (non-hydrogen) atoms. The smallest absolute Gasteiger partial charge is 0.229 e. The number of methoxy groups -OCH3 is 1. The summed E-state index contributed by atoms with van der Waals surface area (Å²) in [6, 6.07) is 16.0. The quantitative estimate of drug-likeness (QED) is 0.568. The fourth-order valence-electron chi connectivity index (χ4n) is 3.03. The largest absolute Gasteiger partial charge is 0.497 e. The highest BCUT2D eigenvalue weighted by atomic mass is 16.5. The lowest BCUT2D eigenvalue weighted by molar-refractivity contribution is 0.415. The van der Waals surface area contributed by atoms with E-state index in [4.69, 9.17) is 4.74 Å². The fourth-order valence-corrected chi connectivity index (χ4v) is 3.03. The third-order valence-electron chi connectivity index (χ3n) is 4.58. The second-order valence-electron chi connectivity index (χ2n) is 6.42. The average molecular weight is 377 g/mol. The molecule has 0 saturated heterocycles. The number of aryl methyl sites for hydroxylation is 1. The van der Waals surface area contributed by atoms with Gasteiger partial charge in [0.05, 0.1) is 7.11 Å². The van der Waals surface area contributed by atoms with Crippen LogP contribution in [0.5, 0.6) is 5.75 Å². The van der Waals surface area contributed by atoms with Gasteiger partial charge in [-0.15, -0.1) is 0 Å². The highest BCUT2D eigenvalue weighted by Crippen LogP contribution is 2.26. The first kappa shape index (κ1) is 19.5. The average Bonchev–Trinajstić information content (AvgIpc) is 2.71. The molecular formula is C22H27N5O. The van der Waals surface area contributed by atoms with Gasteiger partial charge in [0.1, 0.15) is 11.6 Å². The number of nitrogens with zero attached hydrogens (tertiary/aromatic N) is 3. The summed E-state index contributed by atoms with van der Waals surface area (Å²) in [4.78, 5) is 11.2. The molecule has 2 aromatic carbocycles. The first-order chi connectivity index (χ1) is 13.6. The normalized spacial score (nSPS) is 10.4. The molecule has 1 aromatic heterocycles. The molecule has 0 bridgehead atoms. The number of rotatable bonds is 8. The summed E-state index contributed by atoms with van der Waals surface area (Å²) in [6.07, 6.45) is 1.73. The monoisotopic (exact) mass is 377 g/mol. The van der Waals surface area contributed by atoms with E-state index in [1.165, 1.54) is 11.3 Å². The van der Waals surface area contributed by atoms with Gasteiger partial charge in [-0.1, -0.05) is 6.07 Å². The Labute approximate surface area is 166 Å². The molecule has 0 fully saturated rings. The van der Waals surface area contributed by atoms with Gasteiger partial charge in [0.15, 0.2) is 0 Å². The number of hydrogen-bond donors (Lipinski definition) is 2. The van der Waals surface area contributed by atoms with Crippen LogP contribution in [0, 0.1) is 6.92 Å². The molecular weight excluding hydrogens is 350 g/mol. The molecule has 2 N–H and O–H groups in total. The number of anilines is 5. The van der Waals surface area contributed by atoms with Crippen LogP contribution in [0.4, 0.5) is 28.8 Å². The molecule has 0 saturated carbocycles. The van der Waals surface area contributed by atoms with Crippen molar-refractivity contribution < 1.29 is 4.74 Å². The number of benzene rings is 2. The lowest BCUT2D eigenvalue weighted by Gasteiger charge is -2.22. The van der Waals surface area contributed by atoms with E-state index in [1.807, 2.05) is 30.3 Å². The summed E-state index contributed by atoms with van der Waals surface area (Å²) in [5.74, 6) is 2.04. The van der Waals surface area contributed by atoms with Gasteiger partial charge < -0.3 is 20.3 Å². The summed E-state index contributed by atoms with van der Waals surface area (Å²) >= 11 is 0. The van der Waals surface area contributed by atoms with Crippen LogP contribution in [0.2, 0.25) is 0 Å². The van der Waals surface area contributed by atoms with E-state index in [0.717, 1.165) is 36.0 Å². The van der Waals surface area contributed by atoms with Crippen LogP contribution < -0.4 is 20.3 Å².